The SMILES string of the molecule is NCCCCO[C@H]1OCC(O)C[C@H](O[C@H]2OC(CO)[C@@H](O[C@@H]3OC(C=O)[C@@H](O[C@@H]4OC(CO)[C@@H](O[C@H]5OC(CO)[C@H](O)C(O)C5O)C(O)C4O)C(O)C3O)C(O)C2O)C(O)C1O. The molecule has 5 rings (SSSR count). The number of nitrogens with two attached hydrogens (primary N) is 1. The topological polar surface area (TPSA) is 439 Å². The Kier molecular flexibility index (Phi) is 19.5. The van der Waals surface area contributed by atoms with Gasteiger partial charge in [0.05, 0.1) is 38.6 Å². The fraction of sp³-hybridized carbons (Fsp3) is 0.971. The van der Waals surface area contributed by atoms with Crippen LogP contribution < -0.4 is 5.73 Å². The van der Waals surface area contributed by atoms with E-state index in [1.165, 1.54) is 0 Å². The maximum Gasteiger partial charge on any atom is 0.187 e. The monoisotopic (exact) mass is 911 g/mol. The average Bonchev–Trinajstić information content (AvgIpc) is 3.26. The Morgan fingerprint density at radius 3 is 1.47 bits per heavy atom. The van der Waals surface area contributed by atoms with Crippen molar-refractivity contribution in [2.24, 2.45) is 5.73 Å². The quantitative estimate of drug-likeness (QED) is 0.0476. The summed E-state index contributed by atoms with van der Waals surface area (Å²) in [5.41, 5.74) is 5.48. The average molecular weight is 912 g/mol. The minimum absolute atomic E-state index is 0.0935. The van der Waals surface area contributed by atoms with Crippen LogP contribution in [0.4, 0.5) is 0 Å². The Balaban J connectivity index is 1.21. The van der Waals surface area contributed by atoms with Crippen LogP contribution in [0.2, 0.25) is 0 Å². The molecule has 0 amide bonds. The smallest absolute Gasteiger partial charge is 0.187 e. The molecule has 5 heterocycles. The van der Waals surface area contributed by atoms with Crippen molar-refractivity contribution in [2.45, 2.75) is 173 Å². The molecule has 5 saturated heterocycles. The summed E-state index contributed by atoms with van der Waals surface area (Å²) in [7, 11) is 0. The van der Waals surface area contributed by atoms with Gasteiger partial charge < -0.3 is 134 Å². The van der Waals surface area contributed by atoms with Gasteiger partial charge >= 0.3 is 0 Å². The first-order chi connectivity index (χ1) is 29.5. The predicted octanol–water partition coefficient (Wildman–Crippen LogP) is -10.6. The molecule has 0 aliphatic carbocycles. The van der Waals surface area contributed by atoms with E-state index in [4.69, 9.17) is 53.1 Å². The normalized spacial score (nSPS) is 49.5. The lowest BCUT2D eigenvalue weighted by Gasteiger charge is -2.48. The van der Waals surface area contributed by atoms with Crippen molar-refractivity contribution in [3.63, 3.8) is 0 Å². The summed E-state index contributed by atoms with van der Waals surface area (Å²) in [6.45, 7) is -2.57. The molecule has 27 nitrogen and oxygen atoms in total. The van der Waals surface area contributed by atoms with Crippen LogP contribution in [0.3, 0.4) is 0 Å². The second-order valence-electron chi connectivity index (χ2n) is 15.6. The highest BCUT2D eigenvalue weighted by Crippen LogP contribution is 2.35. The van der Waals surface area contributed by atoms with E-state index in [1.54, 1.807) is 0 Å². The van der Waals surface area contributed by atoms with Crippen LogP contribution in [0.15, 0.2) is 0 Å². The van der Waals surface area contributed by atoms with E-state index in [1.807, 2.05) is 0 Å². The lowest BCUT2D eigenvalue weighted by molar-refractivity contribution is -0.385. The molecule has 27 heteroatoms. The first-order valence-electron chi connectivity index (χ1n) is 20.1. The van der Waals surface area contributed by atoms with Crippen LogP contribution in [-0.2, 0) is 52.2 Å². The first-order valence-corrected chi connectivity index (χ1v) is 20.1. The van der Waals surface area contributed by atoms with Crippen molar-refractivity contribution in [3.8, 4) is 0 Å². The van der Waals surface area contributed by atoms with Gasteiger partial charge in [0.1, 0.15) is 110 Å². The molecule has 25 atom stereocenters. The Bertz CT molecular complexity index is 1340. The van der Waals surface area contributed by atoms with E-state index in [0.29, 0.717) is 19.4 Å². The molecule has 0 bridgehead atoms. The number of hydrogen-bond acceptors (Lipinski definition) is 27. The van der Waals surface area contributed by atoms with Gasteiger partial charge in [0.25, 0.3) is 0 Å². The van der Waals surface area contributed by atoms with Gasteiger partial charge in [0, 0.05) is 13.0 Å². The maximum atomic E-state index is 12.3. The minimum atomic E-state index is -2.16. The lowest BCUT2D eigenvalue weighted by Crippen LogP contribution is -2.67. The summed E-state index contributed by atoms with van der Waals surface area (Å²) in [5.74, 6) is 0. The van der Waals surface area contributed by atoms with Gasteiger partial charge in [-0.15, -0.1) is 0 Å². The molecular weight excluding hydrogens is 850 g/mol. The van der Waals surface area contributed by atoms with Gasteiger partial charge in [-0.3, -0.25) is 0 Å². The minimum Gasteiger partial charge on any atom is -0.394 e. The standard InChI is InChI=1S/C35H61NO26/c36-3-1-2-4-53-31-23(48)17(42)12(5-11(41)10-54-31)55-32-25(50)20(45)28(14(7-38)57-32)61-34-27(52)22(47)30(16(9-40)59-34)62-35-26(51)21(46)29(15(8-39)58-35)60-33-24(49)19(44)18(43)13(6-37)56-33/h9,11-35,37-39,41-52H,1-8,10,36H2/t11?,12-,13?,14?,15?,16?,17?,18-,19?,20?,21?,22?,23?,24?,25?,26?,27?,28+,29+,30+,31-,32-,33+,34-,35-/m0/s1. The Morgan fingerprint density at radius 2 is 0.952 bits per heavy atom. The highest BCUT2D eigenvalue weighted by atomic mass is 16.8. The third-order valence-electron chi connectivity index (χ3n) is 11.2. The van der Waals surface area contributed by atoms with Crippen molar-refractivity contribution in [3.05, 3.63) is 0 Å². The van der Waals surface area contributed by atoms with Gasteiger partial charge in [0.15, 0.2) is 37.7 Å². The first kappa shape index (κ1) is 51.6. The van der Waals surface area contributed by atoms with E-state index >= 15 is 0 Å². The van der Waals surface area contributed by atoms with E-state index in [9.17, 15) is 81.4 Å². The van der Waals surface area contributed by atoms with E-state index in [-0.39, 0.29) is 25.9 Å². The fourth-order valence-corrected chi connectivity index (χ4v) is 7.62. The second kappa shape index (κ2) is 23.4. The zero-order chi connectivity index (χ0) is 45.6. The predicted molar refractivity (Wildman–Crippen MR) is 192 cm³/mol. The molecule has 15 unspecified atom stereocenters. The summed E-state index contributed by atoms with van der Waals surface area (Å²) in [6, 6.07) is 0. The van der Waals surface area contributed by atoms with Crippen molar-refractivity contribution >= 4 is 6.29 Å². The van der Waals surface area contributed by atoms with Crippen molar-refractivity contribution in [2.75, 3.05) is 39.6 Å². The van der Waals surface area contributed by atoms with Gasteiger partial charge in [-0.2, -0.15) is 0 Å². The van der Waals surface area contributed by atoms with Crippen LogP contribution in [0.25, 0.3) is 0 Å². The summed E-state index contributed by atoms with van der Waals surface area (Å²) in [6.07, 6.45) is -44.5. The molecule has 0 aromatic heterocycles. The molecule has 5 aliphatic heterocycles. The summed E-state index contributed by atoms with van der Waals surface area (Å²) >= 11 is 0. The maximum absolute atomic E-state index is 12.3. The summed E-state index contributed by atoms with van der Waals surface area (Å²) < 4.78 is 55.3. The van der Waals surface area contributed by atoms with Gasteiger partial charge in [-0.25, -0.2) is 0 Å². The van der Waals surface area contributed by atoms with E-state index < -0.39 is 173 Å². The Morgan fingerprint density at radius 1 is 0.500 bits per heavy atom. The number of carbonyl (C=O) groups excluding carboxylic acids is 1. The van der Waals surface area contributed by atoms with Crippen LogP contribution in [0.5, 0.6) is 0 Å². The molecular formula is C35H61NO26. The molecule has 0 spiro atoms. The number of aliphatic hydroxyl groups excluding tert-OH is 15. The van der Waals surface area contributed by atoms with Crippen LogP contribution in [-0.4, -0.2) is 276 Å². The zero-order valence-electron chi connectivity index (χ0n) is 33.2. The molecule has 17 N–H and O–H groups in total. The fourth-order valence-electron chi connectivity index (χ4n) is 7.62. The molecule has 0 radical (unpaired) electrons. The second-order valence-corrected chi connectivity index (χ2v) is 15.6. The molecule has 62 heavy (non-hydrogen) atoms. The number of carbonyl (C=O) groups is 1. The zero-order valence-corrected chi connectivity index (χ0v) is 33.2. The number of aliphatic hydroxyl groups is 15. The number of hydrogen-bond donors (Lipinski definition) is 16. The van der Waals surface area contributed by atoms with Gasteiger partial charge in [-0.1, -0.05) is 0 Å². The van der Waals surface area contributed by atoms with Crippen LogP contribution >= 0.6 is 0 Å². The Labute approximate surface area is 353 Å². The molecule has 5 fully saturated rings. The number of rotatable bonds is 17. The highest BCUT2D eigenvalue weighted by molar-refractivity contribution is 5.57. The molecule has 0 aromatic carbocycles. The van der Waals surface area contributed by atoms with Gasteiger partial charge in [0.2, 0.25) is 0 Å². The third-order valence-corrected chi connectivity index (χ3v) is 11.2. The highest BCUT2D eigenvalue weighted by Gasteiger charge is 2.56. The number of unbranched alkanes of at least 4 members (excludes halogenated alkanes) is 1. The molecule has 362 valence electrons. The largest absolute Gasteiger partial charge is 0.394 e. The van der Waals surface area contributed by atoms with E-state index in [2.05, 4.69) is 0 Å². The molecule has 0 aromatic rings. The molecule has 0 saturated carbocycles. The van der Waals surface area contributed by atoms with E-state index in [0.717, 1.165) is 0 Å². The van der Waals surface area contributed by atoms with Crippen molar-refractivity contribution < 1.29 is 129 Å². The third kappa shape index (κ3) is 11.6. The lowest BCUT2D eigenvalue weighted by atomic mass is 9.95. The summed E-state index contributed by atoms with van der Waals surface area (Å²) in [5, 5.41) is 159. The van der Waals surface area contributed by atoms with Crippen LogP contribution in [0, 0.1) is 0 Å². The van der Waals surface area contributed by atoms with Gasteiger partial charge in [-0.05, 0) is 19.4 Å². The number of ether oxygens (including phenoxy) is 10. The van der Waals surface area contributed by atoms with Crippen molar-refractivity contribution in [1.82, 2.24) is 0 Å². The van der Waals surface area contributed by atoms with Crippen LogP contribution in [0.1, 0.15) is 19.3 Å². The molecule has 5 aliphatic rings. The van der Waals surface area contributed by atoms with Crippen molar-refractivity contribution in [1.29, 1.82) is 0 Å². The Hall–Kier alpha value is -1.37. The number of aldehydes is 1. The summed E-state index contributed by atoms with van der Waals surface area (Å²) in [4.78, 5) is 12.3.